The van der Waals surface area contributed by atoms with Gasteiger partial charge in [-0.2, -0.15) is 0 Å². The van der Waals surface area contributed by atoms with Gasteiger partial charge in [0.1, 0.15) is 0 Å². The highest BCUT2D eigenvalue weighted by atomic mass is 16.2. The fourth-order valence-corrected chi connectivity index (χ4v) is 5.28. The van der Waals surface area contributed by atoms with E-state index in [9.17, 15) is 4.79 Å². The number of piperidine rings is 1. The maximum atomic E-state index is 13.5. The van der Waals surface area contributed by atoms with Crippen molar-refractivity contribution in [2.24, 2.45) is 5.92 Å². The minimum absolute atomic E-state index is 0.204. The molecule has 160 valence electrons. The molecule has 2 saturated heterocycles. The van der Waals surface area contributed by atoms with Crippen LogP contribution in [0.15, 0.2) is 60.8 Å². The number of carbonyl (C=O) groups is 1. The lowest BCUT2D eigenvalue weighted by Crippen LogP contribution is -2.41. The van der Waals surface area contributed by atoms with Crippen molar-refractivity contribution in [3.05, 3.63) is 77.5 Å². The number of nitrogens with zero attached hydrogens (tertiary/aromatic N) is 3. The second-order valence-corrected chi connectivity index (χ2v) is 9.10. The highest BCUT2D eigenvalue weighted by Gasteiger charge is 2.27. The minimum atomic E-state index is 0.204. The lowest BCUT2D eigenvalue weighted by atomic mass is 9.90. The van der Waals surface area contributed by atoms with Gasteiger partial charge in [0.25, 0.3) is 5.91 Å². The van der Waals surface area contributed by atoms with Gasteiger partial charge in [-0.05, 0) is 74.4 Å². The molecule has 0 spiro atoms. The Hall–Kier alpha value is -2.72. The van der Waals surface area contributed by atoms with E-state index in [1.54, 1.807) is 0 Å². The van der Waals surface area contributed by atoms with Gasteiger partial charge < -0.3 is 4.90 Å². The summed E-state index contributed by atoms with van der Waals surface area (Å²) in [5.74, 6) is 0.687. The Balaban J connectivity index is 1.31. The first kappa shape index (κ1) is 20.2. The number of pyridine rings is 1. The number of benzene rings is 2. The Bertz CT molecular complexity index is 1050. The first-order chi connectivity index (χ1) is 15.3. The van der Waals surface area contributed by atoms with Gasteiger partial charge in [0.05, 0.1) is 5.52 Å². The van der Waals surface area contributed by atoms with Gasteiger partial charge >= 0.3 is 0 Å². The molecule has 1 atom stereocenters. The molecule has 4 heteroatoms. The highest BCUT2D eigenvalue weighted by Crippen LogP contribution is 2.26. The summed E-state index contributed by atoms with van der Waals surface area (Å²) < 4.78 is 0. The van der Waals surface area contributed by atoms with Gasteiger partial charge in [0, 0.05) is 36.8 Å². The van der Waals surface area contributed by atoms with Crippen LogP contribution in [0.1, 0.15) is 47.2 Å². The van der Waals surface area contributed by atoms with Crippen LogP contribution in [-0.2, 0) is 13.0 Å². The standard InChI is InChI=1S/C27H31N3O/c31-27(25-13-2-1-9-24(25)20-29-15-3-4-16-29)30-17-7-8-21(19-30)18-23-11-5-10-22-12-6-14-28-26(22)23/h1-2,5-6,9-14,21H,3-4,7-8,15-20H2/t21-/m1/s1. The van der Waals surface area contributed by atoms with Gasteiger partial charge in [-0.15, -0.1) is 0 Å². The van der Waals surface area contributed by atoms with Crippen molar-refractivity contribution in [2.45, 2.75) is 38.6 Å². The molecule has 4 nitrogen and oxygen atoms in total. The number of aromatic nitrogens is 1. The van der Waals surface area contributed by atoms with Gasteiger partial charge in [0.15, 0.2) is 0 Å². The van der Waals surface area contributed by atoms with E-state index in [0.717, 1.165) is 56.6 Å². The Kier molecular flexibility index (Phi) is 5.99. The molecule has 2 aliphatic heterocycles. The highest BCUT2D eigenvalue weighted by molar-refractivity contribution is 5.95. The van der Waals surface area contributed by atoms with Gasteiger partial charge in [0.2, 0.25) is 0 Å². The zero-order valence-corrected chi connectivity index (χ0v) is 18.2. The van der Waals surface area contributed by atoms with Crippen LogP contribution in [-0.4, -0.2) is 46.9 Å². The van der Waals surface area contributed by atoms with Crippen LogP contribution in [0.25, 0.3) is 10.9 Å². The minimum Gasteiger partial charge on any atom is -0.338 e. The number of amides is 1. The van der Waals surface area contributed by atoms with Crippen LogP contribution in [0, 0.1) is 5.92 Å². The Morgan fingerprint density at radius 3 is 2.61 bits per heavy atom. The van der Waals surface area contributed by atoms with E-state index in [0.29, 0.717) is 5.92 Å². The molecular formula is C27H31N3O. The fraction of sp³-hybridized carbons (Fsp3) is 0.407. The third-order valence-corrected chi connectivity index (χ3v) is 6.87. The summed E-state index contributed by atoms with van der Waals surface area (Å²) in [4.78, 5) is 22.7. The summed E-state index contributed by atoms with van der Waals surface area (Å²) in [5, 5.41) is 1.19. The van der Waals surface area contributed by atoms with Crippen molar-refractivity contribution in [1.82, 2.24) is 14.8 Å². The van der Waals surface area contributed by atoms with Gasteiger partial charge in [-0.25, -0.2) is 0 Å². The molecule has 31 heavy (non-hydrogen) atoms. The molecule has 0 bridgehead atoms. The molecule has 1 amide bonds. The molecule has 0 N–H and O–H groups in total. The van der Waals surface area contributed by atoms with E-state index in [-0.39, 0.29) is 5.91 Å². The summed E-state index contributed by atoms with van der Waals surface area (Å²) in [6, 6.07) is 18.8. The topological polar surface area (TPSA) is 36.4 Å². The van der Waals surface area contributed by atoms with Crippen LogP contribution >= 0.6 is 0 Å². The fourth-order valence-electron chi connectivity index (χ4n) is 5.28. The first-order valence-electron chi connectivity index (χ1n) is 11.7. The van der Waals surface area contributed by atoms with Crippen LogP contribution in [0.3, 0.4) is 0 Å². The molecule has 3 aromatic rings. The zero-order valence-electron chi connectivity index (χ0n) is 18.2. The lowest BCUT2D eigenvalue weighted by Gasteiger charge is -2.33. The number of fused-ring (bicyclic) bond motifs is 1. The largest absolute Gasteiger partial charge is 0.338 e. The molecule has 0 saturated carbocycles. The molecular weight excluding hydrogens is 382 g/mol. The SMILES string of the molecule is O=C(c1ccccc1CN1CCCC1)N1CCC[C@H](Cc2cccc3cccnc23)C1. The van der Waals surface area contributed by atoms with E-state index in [1.807, 2.05) is 24.4 Å². The number of carbonyl (C=O) groups excluding carboxylic acids is 1. The van der Waals surface area contributed by atoms with Gasteiger partial charge in [-0.3, -0.25) is 14.7 Å². The van der Waals surface area contributed by atoms with Crippen molar-refractivity contribution in [2.75, 3.05) is 26.2 Å². The van der Waals surface area contributed by atoms with Crippen LogP contribution in [0.2, 0.25) is 0 Å². The number of likely N-dealkylation sites (tertiary alicyclic amines) is 2. The van der Waals surface area contributed by atoms with Crippen molar-refractivity contribution >= 4 is 16.8 Å². The summed E-state index contributed by atoms with van der Waals surface area (Å²) in [7, 11) is 0. The molecule has 0 unspecified atom stereocenters. The van der Waals surface area contributed by atoms with E-state index < -0.39 is 0 Å². The van der Waals surface area contributed by atoms with Gasteiger partial charge in [-0.1, -0.05) is 42.5 Å². The summed E-state index contributed by atoms with van der Waals surface area (Å²) in [6.07, 6.45) is 7.64. The Morgan fingerprint density at radius 2 is 1.71 bits per heavy atom. The number of para-hydroxylation sites is 1. The molecule has 3 heterocycles. The Labute approximate surface area is 184 Å². The van der Waals surface area contributed by atoms with E-state index in [4.69, 9.17) is 0 Å². The van der Waals surface area contributed by atoms with E-state index in [2.05, 4.69) is 51.2 Å². The lowest BCUT2D eigenvalue weighted by molar-refractivity contribution is 0.0671. The average Bonchev–Trinajstić information content (AvgIpc) is 3.33. The molecule has 1 aromatic heterocycles. The Morgan fingerprint density at radius 1 is 0.903 bits per heavy atom. The maximum Gasteiger partial charge on any atom is 0.254 e. The van der Waals surface area contributed by atoms with Crippen LogP contribution in [0.5, 0.6) is 0 Å². The zero-order chi connectivity index (χ0) is 21.0. The second kappa shape index (κ2) is 9.19. The quantitative estimate of drug-likeness (QED) is 0.595. The van der Waals surface area contributed by atoms with Crippen molar-refractivity contribution in [1.29, 1.82) is 0 Å². The molecule has 5 rings (SSSR count). The smallest absolute Gasteiger partial charge is 0.254 e. The van der Waals surface area contributed by atoms with Crippen LogP contribution < -0.4 is 0 Å². The predicted molar refractivity (Wildman–Crippen MR) is 125 cm³/mol. The van der Waals surface area contributed by atoms with Crippen molar-refractivity contribution in [3.63, 3.8) is 0 Å². The molecule has 0 radical (unpaired) electrons. The molecule has 2 aliphatic rings. The van der Waals surface area contributed by atoms with Crippen molar-refractivity contribution < 1.29 is 4.79 Å². The summed E-state index contributed by atoms with van der Waals surface area (Å²) in [5.41, 5.74) is 4.47. The normalized spacial score (nSPS) is 19.7. The predicted octanol–water partition coefficient (Wildman–Crippen LogP) is 4.93. The number of hydrogen-bond donors (Lipinski definition) is 0. The summed E-state index contributed by atoms with van der Waals surface area (Å²) in [6.45, 7) is 4.88. The molecule has 2 aromatic carbocycles. The first-order valence-corrected chi connectivity index (χ1v) is 11.7. The maximum absolute atomic E-state index is 13.5. The third-order valence-electron chi connectivity index (χ3n) is 6.87. The van der Waals surface area contributed by atoms with E-state index >= 15 is 0 Å². The second-order valence-electron chi connectivity index (χ2n) is 9.10. The third kappa shape index (κ3) is 4.49. The number of hydrogen-bond acceptors (Lipinski definition) is 3. The van der Waals surface area contributed by atoms with Crippen molar-refractivity contribution in [3.8, 4) is 0 Å². The number of rotatable bonds is 5. The van der Waals surface area contributed by atoms with E-state index in [1.165, 1.54) is 35.8 Å². The molecule has 2 fully saturated rings. The van der Waals surface area contributed by atoms with Crippen LogP contribution in [0.4, 0.5) is 0 Å². The summed E-state index contributed by atoms with van der Waals surface area (Å²) >= 11 is 0. The molecule has 0 aliphatic carbocycles. The average molecular weight is 414 g/mol. The monoisotopic (exact) mass is 413 g/mol.